The number of hydrogen-bond acceptors (Lipinski definition) is 9. The van der Waals surface area contributed by atoms with Gasteiger partial charge in [0.1, 0.15) is 40.8 Å². The molecule has 0 bridgehead atoms. The highest BCUT2D eigenvalue weighted by atomic mass is 19.1. The van der Waals surface area contributed by atoms with Crippen molar-refractivity contribution in [1.29, 1.82) is 0 Å². The van der Waals surface area contributed by atoms with Crippen LogP contribution in [0.5, 0.6) is 11.5 Å². The van der Waals surface area contributed by atoms with Crippen LogP contribution in [0.4, 0.5) is 15.0 Å². The predicted molar refractivity (Wildman–Crippen MR) is 168 cm³/mol. The number of likely N-dealkylation sites (tertiary alicyclic amines) is 3. The molecule has 0 radical (unpaired) electrons. The van der Waals surface area contributed by atoms with E-state index in [1.54, 1.807) is 17.0 Å². The topological polar surface area (TPSA) is 115 Å². The Morgan fingerprint density at radius 1 is 0.867 bits per heavy atom. The second-order valence-corrected chi connectivity index (χ2v) is 13.2. The van der Waals surface area contributed by atoms with Gasteiger partial charge in [0, 0.05) is 56.9 Å². The van der Waals surface area contributed by atoms with Crippen LogP contribution in [0.1, 0.15) is 39.7 Å². The Morgan fingerprint density at radius 3 is 2.13 bits per heavy atom. The van der Waals surface area contributed by atoms with Crippen molar-refractivity contribution in [2.24, 2.45) is 0 Å². The van der Waals surface area contributed by atoms with Crippen LogP contribution in [-0.4, -0.2) is 97.5 Å². The second kappa shape index (κ2) is 11.6. The number of nitrogens with zero attached hydrogens (tertiary/aromatic N) is 7. The first-order chi connectivity index (χ1) is 21.6. The predicted octanol–water partition coefficient (Wildman–Crippen LogP) is 4.95. The molecule has 3 aliphatic rings. The number of halogens is 1. The Labute approximate surface area is 261 Å². The van der Waals surface area contributed by atoms with Crippen LogP contribution < -0.4 is 10.5 Å². The number of nitrogens with two attached hydrogens (primary N) is 1. The Bertz CT molecular complexity index is 1670. The normalized spacial score (nSPS) is 19.0. The van der Waals surface area contributed by atoms with Crippen LogP contribution in [-0.2, 0) is 4.74 Å². The smallest absolute Gasteiger partial charge is 0.410 e. The molecule has 7 rings (SSSR count). The molecule has 2 aromatic heterocycles. The summed E-state index contributed by atoms with van der Waals surface area (Å²) in [6.07, 6.45) is 3.22. The van der Waals surface area contributed by atoms with Crippen molar-refractivity contribution in [3.05, 3.63) is 60.7 Å². The molecule has 3 aliphatic heterocycles. The van der Waals surface area contributed by atoms with Crippen LogP contribution >= 0.6 is 0 Å². The largest absolute Gasteiger partial charge is 0.457 e. The van der Waals surface area contributed by atoms with E-state index in [9.17, 15) is 9.18 Å². The number of rotatable bonds is 6. The number of carbonyl (C=O) groups is 1. The SMILES string of the molecule is CC(C)(C)OC(=O)N1CC(N2CC(N3CCC(n4nc(-c5ccc(Oc6ccc(F)cc6)cc5)c5c(N)ncnc54)CC3)C2)C1. The van der Waals surface area contributed by atoms with Crippen molar-refractivity contribution in [3.8, 4) is 22.8 Å². The van der Waals surface area contributed by atoms with Gasteiger partial charge < -0.3 is 20.1 Å². The van der Waals surface area contributed by atoms with E-state index in [2.05, 4.69) is 19.8 Å². The molecular formula is C33H39FN8O3. The van der Waals surface area contributed by atoms with E-state index in [4.69, 9.17) is 20.3 Å². The zero-order valence-corrected chi connectivity index (χ0v) is 25.9. The van der Waals surface area contributed by atoms with E-state index in [1.807, 2.05) is 49.7 Å². The molecule has 12 heteroatoms. The zero-order chi connectivity index (χ0) is 31.3. The summed E-state index contributed by atoms with van der Waals surface area (Å²) in [5.74, 6) is 1.29. The molecule has 3 saturated heterocycles. The number of anilines is 1. The summed E-state index contributed by atoms with van der Waals surface area (Å²) in [6.45, 7) is 11.2. The average Bonchev–Trinajstić information content (AvgIpc) is 3.35. The number of nitrogen functional groups attached to an aromatic ring is 1. The van der Waals surface area contributed by atoms with Crippen LogP contribution in [0, 0.1) is 5.82 Å². The molecule has 2 aromatic carbocycles. The molecule has 2 N–H and O–H groups in total. The minimum Gasteiger partial charge on any atom is -0.457 e. The fourth-order valence-electron chi connectivity index (χ4n) is 6.45. The fourth-order valence-corrected chi connectivity index (χ4v) is 6.45. The first-order valence-corrected chi connectivity index (χ1v) is 15.6. The van der Waals surface area contributed by atoms with E-state index < -0.39 is 5.60 Å². The molecule has 0 atom stereocenters. The fraction of sp³-hybridized carbons (Fsp3) is 0.455. The van der Waals surface area contributed by atoms with Crippen molar-refractivity contribution in [1.82, 2.24) is 34.4 Å². The monoisotopic (exact) mass is 614 g/mol. The summed E-state index contributed by atoms with van der Waals surface area (Å²) in [6, 6.07) is 14.7. The van der Waals surface area contributed by atoms with Gasteiger partial charge in [0.15, 0.2) is 5.65 Å². The third-order valence-electron chi connectivity index (χ3n) is 8.98. The highest BCUT2D eigenvalue weighted by Crippen LogP contribution is 2.36. The van der Waals surface area contributed by atoms with Gasteiger partial charge in [-0.3, -0.25) is 9.80 Å². The summed E-state index contributed by atoms with van der Waals surface area (Å²) < 4.78 is 26.7. The van der Waals surface area contributed by atoms with E-state index in [1.165, 1.54) is 18.5 Å². The molecular weight excluding hydrogens is 575 g/mol. The maximum atomic E-state index is 13.3. The molecule has 0 aliphatic carbocycles. The number of carbonyl (C=O) groups excluding carboxylic acids is 1. The standard InChI is InChI=1S/C33H39FN8O3/c1-33(2,3)45-32(43)41-18-25(19-41)40-16-24(17-40)39-14-12-23(13-15-39)42-31-28(30(35)36-20-37-31)29(38-42)21-4-8-26(9-5-21)44-27-10-6-22(34)7-11-27/h4-11,20,23-25H,12-19H2,1-3H3,(H2,35,36,37). The van der Waals surface area contributed by atoms with Gasteiger partial charge in [0.25, 0.3) is 0 Å². The van der Waals surface area contributed by atoms with Crippen molar-refractivity contribution < 1.29 is 18.7 Å². The highest BCUT2D eigenvalue weighted by Gasteiger charge is 2.44. The summed E-state index contributed by atoms with van der Waals surface area (Å²) in [7, 11) is 0. The number of hydrogen-bond donors (Lipinski definition) is 1. The average molecular weight is 615 g/mol. The molecule has 236 valence electrons. The Kier molecular flexibility index (Phi) is 7.57. The van der Waals surface area contributed by atoms with Crippen LogP contribution in [0.25, 0.3) is 22.3 Å². The van der Waals surface area contributed by atoms with E-state index in [0.717, 1.165) is 74.4 Å². The van der Waals surface area contributed by atoms with Crippen LogP contribution in [0.2, 0.25) is 0 Å². The van der Waals surface area contributed by atoms with Crippen molar-refractivity contribution in [2.45, 2.75) is 57.3 Å². The maximum Gasteiger partial charge on any atom is 0.410 e. The van der Waals surface area contributed by atoms with Crippen molar-refractivity contribution >= 4 is 22.9 Å². The lowest BCUT2D eigenvalue weighted by Crippen LogP contribution is -2.70. The molecule has 11 nitrogen and oxygen atoms in total. The van der Waals surface area contributed by atoms with Gasteiger partial charge in [0.05, 0.1) is 11.4 Å². The van der Waals surface area contributed by atoms with Crippen molar-refractivity contribution in [3.63, 3.8) is 0 Å². The van der Waals surface area contributed by atoms with E-state index in [-0.39, 0.29) is 18.0 Å². The van der Waals surface area contributed by atoms with Gasteiger partial charge in [-0.05, 0) is 82.1 Å². The van der Waals surface area contributed by atoms with Crippen molar-refractivity contribution in [2.75, 3.05) is 45.0 Å². The van der Waals surface area contributed by atoms with Gasteiger partial charge in [-0.25, -0.2) is 23.8 Å². The molecule has 1 amide bonds. The lowest BCUT2D eigenvalue weighted by atomic mass is 9.96. The van der Waals surface area contributed by atoms with Gasteiger partial charge in [-0.15, -0.1) is 0 Å². The molecule has 5 heterocycles. The van der Waals surface area contributed by atoms with Crippen LogP contribution in [0.15, 0.2) is 54.9 Å². The van der Waals surface area contributed by atoms with Gasteiger partial charge >= 0.3 is 6.09 Å². The van der Waals surface area contributed by atoms with E-state index in [0.29, 0.717) is 29.4 Å². The van der Waals surface area contributed by atoms with Gasteiger partial charge in [-0.2, -0.15) is 5.10 Å². The molecule has 0 spiro atoms. The first-order valence-electron chi connectivity index (χ1n) is 15.6. The van der Waals surface area contributed by atoms with Gasteiger partial charge in [-0.1, -0.05) is 0 Å². The second-order valence-electron chi connectivity index (χ2n) is 13.2. The number of aromatic nitrogens is 4. The summed E-state index contributed by atoms with van der Waals surface area (Å²) >= 11 is 0. The Morgan fingerprint density at radius 2 is 1.49 bits per heavy atom. The number of piperidine rings is 1. The van der Waals surface area contributed by atoms with E-state index >= 15 is 0 Å². The number of benzene rings is 2. The number of ether oxygens (including phenoxy) is 2. The maximum absolute atomic E-state index is 13.3. The number of amides is 1. The third kappa shape index (κ3) is 6.04. The first kappa shape index (κ1) is 29.4. The molecule has 45 heavy (non-hydrogen) atoms. The minimum absolute atomic E-state index is 0.207. The lowest BCUT2D eigenvalue weighted by Gasteiger charge is -2.54. The molecule has 3 fully saturated rings. The zero-order valence-electron chi connectivity index (χ0n) is 25.9. The quantitative estimate of drug-likeness (QED) is 0.322. The minimum atomic E-state index is -0.464. The highest BCUT2D eigenvalue weighted by molar-refractivity contribution is 5.98. The number of fused-ring (bicyclic) bond motifs is 1. The Balaban J connectivity index is 0.971. The summed E-state index contributed by atoms with van der Waals surface area (Å²) in [5.41, 5.74) is 8.29. The molecule has 4 aromatic rings. The van der Waals surface area contributed by atoms with Gasteiger partial charge in [0.2, 0.25) is 0 Å². The lowest BCUT2D eigenvalue weighted by molar-refractivity contribution is -0.0623. The molecule has 0 saturated carbocycles. The third-order valence-corrected chi connectivity index (χ3v) is 8.98. The summed E-state index contributed by atoms with van der Waals surface area (Å²) in [5, 5.41) is 5.80. The molecule has 0 unspecified atom stereocenters. The van der Waals surface area contributed by atoms with Crippen LogP contribution in [0.3, 0.4) is 0 Å². The summed E-state index contributed by atoms with van der Waals surface area (Å²) in [4.78, 5) is 28.0. The Hall–Kier alpha value is -4.29.